The van der Waals surface area contributed by atoms with Crippen molar-refractivity contribution in [3.63, 3.8) is 0 Å². The molecule has 4 saturated carbocycles. The Balaban J connectivity index is 1.66. The van der Waals surface area contributed by atoms with Crippen LogP contribution in [0.25, 0.3) is 0 Å². The van der Waals surface area contributed by atoms with E-state index in [0.717, 1.165) is 30.6 Å². The van der Waals surface area contributed by atoms with E-state index in [1.54, 1.807) is 0 Å². The molecule has 4 aliphatic rings. The van der Waals surface area contributed by atoms with Crippen molar-refractivity contribution >= 4 is 0 Å². The average Bonchev–Trinajstić information content (AvgIpc) is 2.93. The standard InChI is InChI=1S/C20H31NO/c1-19-10-3-2-4-14(19)5-7-16-17(19)9-11-20(13-22)15(12-21)6-8-18(16)20/h14-18,22H,2-11,13H2,1H3/t14?,15-,16-,17+,18+,19+,20+/m1/s1. The number of hydrogen-bond donors (Lipinski definition) is 1. The molecule has 0 aromatic rings. The maximum Gasteiger partial charge on any atom is 0.0662 e. The molecule has 2 nitrogen and oxygen atoms in total. The van der Waals surface area contributed by atoms with Gasteiger partial charge in [-0.1, -0.05) is 19.8 Å². The van der Waals surface area contributed by atoms with Crippen LogP contribution in [0, 0.1) is 51.8 Å². The van der Waals surface area contributed by atoms with E-state index in [0.29, 0.717) is 11.3 Å². The lowest BCUT2D eigenvalue weighted by atomic mass is 9.45. The Bertz CT molecular complexity index is 483. The van der Waals surface area contributed by atoms with E-state index in [4.69, 9.17) is 0 Å². The highest BCUT2D eigenvalue weighted by Gasteiger charge is 2.61. The Kier molecular flexibility index (Phi) is 3.57. The summed E-state index contributed by atoms with van der Waals surface area (Å²) in [5.74, 6) is 3.35. The van der Waals surface area contributed by atoms with Gasteiger partial charge in [0.25, 0.3) is 0 Å². The molecule has 0 aromatic carbocycles. The highest BCUT2D eigenvalue weighted by Crippen LogP contribution is 2.67. The Morgan fingerprint density at radius 2 is 1.86 bits per heavy atom. The number of fused-ring (bicyclic) bond motifs is 5. The summed E-state index contributed by atoms with van der Waals surface area (Å²) in [7, 11) is 0. The second-order valence-electron chi connectivity index (χ2n) is 9.09. The number of nitrogens with zero attached hydrogens (tertiary/aromatic N) is 1. The van der Waals surface area contributed by atoms with Crippen molar-refractivity contribution in [3.8, 4) is 6.07 Å². The van der Waals surface area contributed by atoms with Gasteiger partial charge in [0.2, 0.25) is 0 Å². The minimum absolute atomic E-state index is 0.0478. The van der Waals surface area contributed by atoms with Crippen LogP contribution in [-0.2, 0) is 0 Å². The number of aliphatic hydroxyl groups excluding tert-OH is 1. The van der Waals surface area contributed by atoms with Crippen molar-refractivity contribution in [3.05, 3.63) is 0 Å². The number of rotatable bonds is 1. The summed E-state index contributed by atoms with van der Waals surface area (Å²) in [5, 5.41) is 19.8. The molecule has 0 heterocycles. The third kappa shape index (κ3) is 1.81. The van der Waals surface area contributed by atoms with E-state index in [9.17, 15) is 10.4 Å². The molecule has 1 unspecified atom stereocenters. The van der Waals surface area contributed by atoms with Crippen LogP contribution in [0.15, 0.2) is 0 Å². The second-order valence-corrected chi connectivity index (χ2v) is 9.09. The van der Waals surface area contributed by atoms with Gasteiger partial charge in [-0.15, -0.1) is 0 Å². The monoisotopic (exact) mass is 301 g/mol. The summed E-state index contributed by atoms with van der Waals surface area (Å²) >= 11 is 0. The van der Waals surface area contributed by atoms with E-state index in [1.807, 2.05) is 0 Å². The largest absolute Gasteiger partial charge is 0.396 e. The van der Waals surface area contributed by atoms with Crippen molar-refractivity contribution in [1.29, 1.82) is 5.26 Å². The van der Waals surface area contributed by atoms with Gasteiger partial charge in [0.15, 0.2) is 0 Å². The molecule has 122 valence electrons. The molecule has 2 heteroatoms. The van der Waals surface area contributed by atoms with Crippen molar-refractivity contribution in [2.75, 3.05) is 6.61 Å². The zero-order valence-electron chi connectivity index (χ0n) is 14.1. The first-order valence-corrected chi connectivity index (χ1v) is 9.66. The smallest absolute Gasteiger partial charge is 0.0662 e. The predicted molar refractivity (Wildman–Crippen MR) is 86.9 cm³/mol. The maximum absolute atomic E-state index is 10.2. The first-order valence-electron chi connectivity index (χ1n) is 9.66. The normalized spacial score (nSPS) is 54.0. The van der Waals surface area contributed by atoms with Crippen LogP contribution >= 0.6 is 0 Å². The van der Waals surface area contributed by atoms with Gasteiger partial charge in [-0.25, -0.2) is 0 Å². The van der Waals surface area contributed by atoms with E-state index in [-0.39, 0.29) is 17.9 Å². The van der Waals surface area contributed by atoms with Crippen LogP contribution in [0.3, 0.4) is 0 Å². The first-order chi connectivity index (χ1) is 10.7. The molecule has 0 aliphatic heterocycles. The quantitative estimate of drug-likeness (QED) is 0.773. The molecule has 0 amide bonds. The van der Waals surface area contributed by atoms with E-state index in [1.165, 1.54) is 51.4 Å². The van der Waals surface area contributed by atoms with Crippen molar-refractivity contribution in [2.45, 2.75) is 71.1 Å². The molecule has 0 aromatic heterocycles. The molecule has 4 rings (SSSR count). The van der Waals surface area contributed by atoms with Crippen LogP contribution in [0.5, 0.6) is 0 Å². The lowest BCUT2D eigenvalue weighted by molar-refractivity contribution is -0.123. The molecule has 22 heavy (non-hydrogen) atoms. The zero-order valence-corrected chi connectivity index (χ0v) is 14.1. The Labute approximate surface area is 135 Å². The zero-order chi connectivity index (χ0) is 15.4. The summed E-state index contributed by atoms with van der Waals surface area (Å²) in [5.41, 5.74) is 0.515. The van der Waals surface area contributed by atoms with Gasteiger partial charge in [-0.05, 0) is 80.5 Å². The van der Waals surface area contributed by atoms with Gasteiger partial charge in [0, 0.05) is 5.41 Å². The van der Waals surface area contributed by atoms with E-state index in [2.05, 4.69) is 13.0 Å². The Morgan fingerprint density at radius 1 is 1.00 bits per heavy atom. The number of hydrogen-bond acceptors (Lipinski definition) is 2. The van der Waals surface area contributed by atoms with Crippen molar-refractivity contribution < 1.29 is 5.11 Å². The minimum Gasteiger partial charge on any atom is -0.396 e. The lowest BCUT2D eigenvalue weighted by Gasteiger charge is -2.60. The SMILES string of the molecule is C[C@]12CCCCC1CC[C@H]1[C@@H]3CC[C@H](C#N)[C@@]3(CO)CC[C@@H]12. The molecule has 1 N–H and O–H groups in total. The molecule has 0 bridgehead atoms. The highest BCUT2D eigenvalue weighted by atomic mass is 16.3. The molecule has 0 spiro atoms. The third-order valence-electron chi connectivity index (χ3n) is 8.75. The van der Waals surface area contributed by atoms with Crippen LogP contribution in [0.2, 0.25) is 0 Å². The summed E-state index contributed by atoms with van der Waals surface area (Å²) in [6.07, 6.45) is 13.1. The predicted octanol–water partition coefficient (Wildman–Crippen LogP) is 4.53. The van der Waals surface area contributed by atoms with Gasteiger partial charge >= 0.3 is 0 Å². The maximum atomic E-state index is 10.2. The molecule has 0 radical (unpaired) electrons. The van der Waals surface area contributed by atoms with Gasteiger partial charge in [-0.2, -0.15) is 5.26 Å². The molecular formula is C20H31NO. The van der Waals surface area contributed by atoms with E-state index < -0.39 is 0 Å². The fourth-order valence-electron chi connectivity index (χ4n) is 7.61. The van der Waals surface area contributed by atoms with Gasteiger partial charge < -0.3 is 5.11 Å². The van der Waals surface area contributed by atoms with Crippen LogP contribution in [-0.4, -0.2) is 11.7 Å². The minimum atomic E-state index is -0.0478. The van der Waals surface area contributed by atoms with Crippen LogP contribution in [0.4, 0.5) is 0 Å². The third-order valence-corrected chi connectivity index (χ3v) is 8.75. The average molecular weight is 301 g/mol. The van der Waals surface area contributed by atoms with Gasteiger partial charge in [0.05, 0.1) is 18.6 Å². The van der Waals surface area contributed by atoms with Crippen LogP contribution < -0.4 is 0 Å². The Hall–Kier alpha value is -0.550. The van der Waals surface area contributed by atoms with E-state index >= 15 is 0 Å². The molecule has 4 fully saturated rings. The fraction of sp³-hybridized carbons (Fsp3) is 0.950. The molecule has 0 saturated heterocycles. The second kappa shape index (κ2) is 5.23. The number of nitriles is 1. The summed E-state index contributed by atoms with van der Waals surface area (Å²) in [4.78, 5) is 0. The molecule has 7 atom stereocenters. The van der Waals surface area contributed by atoms with Crippen LogP contribution in [0.1, 0.15) is 71.1 Å². The van der Waals surface area contributed by atoms with Crippen molar-refractivity contribution in [1.82, 2.24) is 0 Å². The van der Waals surface area contributed by atoms with Gasteiger partial charge in [0.1, 0.15) is 0 Å². The Morgan fingerprint density at radius 3 is 2.64 bits per heavy atom. The summed E-state index contributed by atoms with van der Waals surface area (Å²) in [6.45, 7) is 2.84. The summed E-state index contributed by atoms with van der Waals surface area (Å²) in [6, 6.07) is 2.56. The van der Waals surface area contributed by atoms with Gasteiger partial charge in [-0.3, -0.25) is 0 Å². The fourth-order valence-corrected chi connectivity index (χ4v) is 7.61. The van der Waals surface area contributed by atoms with Crippen molar-refractivity contribution in [2.24, 2.45) is 40.4 Å². The molecular weight excluding hydrogens is 270 g/mol. The molecule has 4 aliphatic carbocycles. The first kappa shape index (κ1) is 15.0. The lowest BCUT2D eigenvalue weighted by Crippen LogP contribution is -2.54. The summed E-state index contributed by atoms with van der Waals surface area (Å²) < 4.78 is 0. The topological polar surface area (TPSA) is 44.0 Å². The highest BCUT2D eigenvalue weighted by molar-refractivity contribution is 5.13. The number of aliphatic hydroxyl groups is 1.